The second-order valence-electron chi connectivity index (χ2n) is 5.36. The minimum atomic E-state index is -0.290. The van der Waals surface area contributed by atoms with Gasteiger partial charge >= 0.3 is 0 Å². The molecule has 0 aromatic carbocycles. The molecular weight excluding hydrogens is 202 g/mol. The lowest BCUT2D eigenvalue weighted by Crippen LogP contribution is -2.41. The number of nitrogens with zero attached hydrogens (tertiary/aromatic N) is 1. The predicted molar refractivity (Wildman–Crippen MR) is 64.9 cm³/mol. The number of aliphatic hydroxyl groups excluding tert-OH is 1. The van der Waals surface area contributed by atoms with Crippen molar-refractivity contribution < 1.29 is 5.11 Å². The van der Waals surface area contributed by atoms with Gasteiger partial charge in [0.15, 0.2) is 0 Å². The number of H-pyrrole nitrogens is 1. The Bertz CT molecular complexity index is 293. The van der Waals surface area contributed by atoms with E-state index in [0.29, 0.717) is 0 Å². The van der Waals surface area contributed by atoms with Crippen molar-refractivity contribution in [1.82, 2.24) is 15.3 Å². The van der Waals surface area contributed by atoms with E-state index in [2.05, 4.69) is 29.1 Å². The van der Waals surface area contributed by atoms with Gasteiger partial charge in [0.05, 0.1) is 12.4 Å². The quantitative estimate of drug-likeness (QED) is 0.688. The number of rotatable bonds is 6. The number of nitrogens with one attached hydrogen (secondary N) is 2. The molecule has 1 aromatic rings. The molecule has 0 aliphatic rings. The number of hydrogen-bond donors (Lipinski definition) is 3. The van der Waals surface area contributed by atoms with E-state index < -0.39 is 0 Å². The van der Waals surface area contributed by atoms with Gasteiger partial charge in [-0.15, -0.1) is 0 Å². The molecule has 0 bridgehead atoms. The zero-order chi connectivity index (χ0) is 12.2. The molecule has 0 aliphatic carbocycles. The van der Waals surface area contributed by atoms with Crippen LogP contribution in [-0.4, -0.2) is 27.7 Å². The van der Waals surface area contributed by atoms with Crippen molar-refractivity contribution in [2.75, 3.05) is 6.54 Å². The summed E-state index contributed by atoms with van der Waals surface area (Å²) in [6, 6.07) is 0. The number of aliphatic hydroxyl groups is 1. The van der Waals surface area contributed by atoms with Crippen molar-refractivity contribution in [3.63, 3.8) is 0 Å². The van der Waals surface area contributed by atoms with Crippen LogP contribution in [0.4, 0.5) is 0 Å². The summed E-state index contributed by atoms with van der Waals surface area (Å²) in [5, 5.41) is 13.4. The minimum absolute atomic E-state index is 0.117. The highest BCUT2D eigenvalue weighted by atomic mass is 16.3. The normalized spacial score (nSPS) is 14.4. The van der Waals surface area contributed by atoms with E-state index in [-0.39, 0.29) is 17.4 Å². The van der Waals surface area contributed by atoms with E-state index in [0.717, 1.165) is 18.8 Å². The highest BCUT2D eigenvalue weighted by Gasteiger charge is 2.29. The first-order chi connectivity index (χ1) is 7.43. The summed E-state index contributed by atoms with van der Waals surface area (Å²) >= 11 is 0. The molecule has 0 fully saturated rings. The highest BCUT2D eigenvalue weighted by molar-refractivity contribution is 4.94. The van der Waals surface area contributed by atoms with Crippen molar-refractivity contribution in [2.24, 2.45) is 11.3 Å². The number of aromatic nitrogens is 2. The van der Waals surface area contributed by atoms with Gasteiger partial charge in [0, 0.05) is 30.4 Å². The fourth-order valence-corrected chi connectivity index (χ4v) is 1.91. The summed E-state index contributed by atoms with van der Waals surface area (Å²) in [5.41, 5.74) is 0.948. The molecule has 3 N–H and O–H groups in total. The summed E-state index contributed by atoms with van der Waals surface area (Å²) in [5.74, 6) is 0.281. The van der Waals surface area contributed by atoms with Crippen LogP contribution in [0.5, 0.6) is 0 Å². The Labute approximate surface area is 97.5 Å². The molecule has 1 aromatic heterocycles. The maximum Gasteiger partial charge on any atom is 0.0922 e. The lowest BCUT2D eigenvalue weighted by Gasteiger charge is -2.33. The Morgan fingerprint density at radius 3 is 2.69 bits per heavy atom. The van der Waals surface area contributed by atoms with Crippen molar-refractivity contribution in [3.05, 3.63) is 18.2 Å². The molecule has 0 amide bonds. The lowest BCUT2D eigenvalue weighted by atomic mass is 9.81. The van der Waals surface area contributed by atoms with Crippen LogP contribution in [0.2, 0.25) is 0 Å². The molecule has 92 valence electrons. The average molecular weight is 225 g/mol. The zero-order valence-corrected chi connectivity index (χ0v) is 10.6. The van der Waals surface area contributed by atoms with E-state index in [9.17, 15) is 5.11 Å². The van der Waals surface area contributed by atoms with Crippen molar-refractivity contribution in [3.8, 4) is 0 Å². The predicted octanol–water partition coefficient (Wildman–Crippen LogP) is 1.54. The van der Waals surface area contributed by atoms with E-state index in [4.69, 9.17) is 0 Å². The van der Waals surface area contributed by atoms with Crippen molar-refractivity contribution in [2.45, 2.75) is 40.3 Å². The van der Waals surface area contributed by atoms with Crippen LogP contribution in [0, 0.1) is 11.3 Å². The van der Waals surface area contributed by atoms with Crippen LogP contribution < -0.4 is 5.32 Å². The van der Waals surface area contributed by atoms with Crippen LogP contribution >= 0.6 is 0 Å². The summed E-state index contributed by atoms with van der Waals surface area (Å²) < 4.78 is 0. The molecule has 0 saturated heterocycles. The Morgan fingerprint density at radius 1 is 1.50 bits per heavy atom. The van der Waals surface area contributed by atoms with Crippen LogP contribution in [0.25, 0.3) is 0 Å². The van der Waals surface area contributed by atoms with Gasteiger partial charge in [-0.2, -0.15) is 0 Å². The molecule has 4 nitrogen and oxygen atoms in total. The molecule has 4 heteroatoms. The maximum absolute atomic E-state index is 10.1. The van der Waals surface area contributed by atoms with Gasteiger partial charge in [-0.1, -0.05) is 27.7 Å². The van der Waals surface area contributed by atoms with Gasteiger partial charge < -0.3 is 15.4 Å². The fourth-order valence-electron chi connectivity index (χ4n) is 1.91. The van der Waals surface area contributed by atoms with Crippen LogP contribution in [0.15, 0.2) is 12.5 Å². The van der Waals surface area contributed by atoms with E-state index in [1.54, 1.807) is 12.5 Å². The summed E-state index contributed by atoms with van der Waals surface area (Å²) in [7, 11) is 0. The van der Waals surface area contributed by atoms with E-state index in [1.807, 2.05) is 13.8 Å². The topological polar surface area (TPSA) is 60.9 Å². The molecule has 1 heterocycles. The summed E-state index contributed by atoms with van der Waals surface area (Å²) in [4.78, 5) is 6.99. The SMILES string of the molecule is CC(C)C(O)C(C)(C)CNCc1cnc[nH]1. The zero-order valence-electron chi connectivity index (χ0n) is 10.6. The van der Waals surface area contributed by atoms with Gasteiger partial charge in [-0.3, -0.25) is 0 Å². The molecule has 16 heavy (non-hydrogen) atoms. The van der Waals surface area contributed by atoms with Gasteiger partial charge in [-0.05, 0) is 5.92 Å². The highest BCUT2D eigenvalue weighted by Crippen LogP contribution is 2.25. The molecule has 1 atom stereocenters. The largest absolute Gasteiger partial charge is 0.392 e. The van der Waals surface area contributed by atoms with Gasteiger partial charge in [0.25, 0.3) is 0 Å². The van der Waals surface area contributed by atoms with Crippen LogP contribution in [-0.2, 0) is 6.54 Å². The monoisotopic (exact) mass is 225 g/mol. The third kappa shape index (κ3) is 3.61. The molecule has 0 aliphatic heterocycles. The third-order valence-electron chi connectivity index (χ3n) is 2.88. The number of aromatic amines is 1. The van der Waals surface area contributed by atoms with Gasteiger partial charge in [0.1, 0.15) is 0 Å². The van der Waals surface area contributed by atoms with Gasteiger partial charge in [0.2, 0.25) is 0 Å². The van der Waals surface area contributed by atoms with Crippen molar-refractivity contribution in [1.29, 1.82) is 0 Å². The number of imidazole rings is 1. The maximum atomic E-state index is 10.1. The Hall–Kier alpha value is -0.870. The molecule has 0 radical (unpaired) electrons. The molecule has 1 rings (SSSR count). The molecule has 1 unspecified atom stereocenters. The van der Waals surface area contributed by atoms with Crippen LogP contribution in [0.1, 0.15) is 33.4 Å². The first kappa shape index (κ1) is 13.2. The molecule has 0 spiro atoms. The van der Waals surface area contributed by atoms with E-state index >= 15 is 0 Å². The second kappa shape index (κ2) is 5.46. The summed E-state index contributed by atoms with van der Waals surface area (Å²) in [6.07, 6.45) is 3.19. The molecular formula is C12H23N3O. The first-order valence-electron chi connectivity index (χ1n) is 5.79. The first-order valence-corrected chi connectivity index (χ1v) is 5.79. The van der Waals surface area contributed by atoms with Crippen LogP contribution in [0.3, 0.4) is 0 Å². The van der Waals surface area contributed by atoms with Crippen molar-refractivity contribution >= 4 is 0 Å². The Balaban J connectivity index is 2.36. The van der Waals surface area contributed by atoms with E-state index in [1.165, 1.54) is 0 Å². The molecule has 0 saturated carbocycles. The average Bonchev–Trinajstić information content (AvgIpc) is 2.69. The number of hydrogen-bond acceptors (Lipinski definition) is 3. The van der Waals surface area contributed by atoms with Gasteiger partial charge in [-0.25, -0.2) is 4.98 Å². The lowest BCUT2D eigenvalue weighted by molar-refractivity contribution is 0.0134. The minimum Gasteiger partial charge on any atom is -0.392 e. The third-order valence-corrected chi connectivity index (χ3v) is 2.88. The fraction of sp³-hybridized carbons (Fsp3) is 0.750. The second-order valence-corrected chi connectivity index (χ2v) is 5.36. The Morgan fingerprint density at radius 2 is 2.19 bits per heavy atom. The standard InChI is InChI=1S/C12H23N3O/c1-9(2)11(16)12(3,4)7-13-5-10-6-14-8-15-10/h6,8-9,11,13,16H,5,7H2,1-4H3,(H,14,15). The Kier molecular flexibility index (Phi) is 4.50. The summed E-state index contributed by atoms with van der Waals surface area (Å²) in [6.45, 7) is 9.79. The smallest absolute Gasteiger partial charge is 0.0922 e.